The summed E-state index contributed by atoms with van der Waals surface area (Å²) < 4.78 is 5.60. The van der Waals surface area contributed by atoms with Crippen LogP contribution < -0.4 is 11.1 Å². The number of hydrogen-bond acceptors (Lipinski definition) is 3. The van der Waals surface area contributed by atoms with E-state index in [0.29, 0.717) is 18.6 Å². The molecular weight excluding hydrogens is 216 g/mol. The Kier molecular flexibility index (Phi) is 6.52. The predicted octanol–water partition coefficient (Wildman–Crippen LogP) is 1.44. The zero-order valence-electron chi connectivity index (χ0n) is 11.1. The van der Waals surface area contributed by atoms with E-state index < -0.39 is 0 Å². The van der Waals surface area contributed by atoms with Gasteiger partial charge in [-0.2, -0.15) is 0 Å². The highest BCUT2D eigenvalue weighted by Crippen LogP contribution is 2.14. The molecule has 1 fully saturated rings. The molecule has 17 heavy (non-hydrogen) atoms. The Bertz CT molecular complexity index is 225. The third kappa shape index (κ3) is 6.03. The molecule has 0 aromatic heterocycles. The molecule has 1 saturated heterocycles. The molecule has 100 valence electrons. The molecule has 3 N–H and O–H groups in total. The third-order valence-corrected chi connectivity index (χ3v) is 3.10. The number of rotatable bonds is 6. The van der Waals surface area contributed by atoms with Gasteiger partial charge in [-0.1, -0.05) is 13.8 Å². The number of nitrogens with one attached hydrogen (secondary N) is 1. The van der Waals surface area contributed by atoms with Gasteiger partial charge in [0.05, 0.1) is 12.1 Å². The van der Waals surface area contributed by atoms with E-state index in [0.717, 1.165) is 25.9 Å². The van der Waals surface area contributed by atoms with Crippen LogP contribution in [0.2, 0.25) is 0 Å². The zero-order chi connectivity index (χ0) is 12.7. The normalized spacial score (nSPS) is 22.5. The first-order valence-corrected chi connectivity index (χ1v) is 6.74. The quantitative estimate of drug-likeness (QED) is 0.740. The molecule has 0 spiro atoms. The van der Waals surface area contributed by atoms with Gasteiger partial charge in [-0.3, -0.25) is 4.79 Å². The fourth-order valence-electron chi connectivity index (χ4n) is 2.14. The lowest BCUT2D eigenvalue weighted by molar-refractivity contribution is -0.122. The summed E-state index contributed by atoms with van der Waals surface area (Å²) in [4.78, 5) is 11.6. The monoisotopic (exact) mass is 242 g/mol. The number of hydrogen-bond donors (Lipinski definition) is 2. The largest absolute Gasteiger partial charge is 0.378 e. The molecule has 0 bridgehead atoms. The van der Waals surface area contributed by atoms with Crippen molar-refractivity contribution in [1.29, 1.82) is 0 Å². The first kappa shape index (κ1) is 14.5. The fraction of sp³-hybridized carbons (Fsp3) is 0.923. The lowest BCUT2D eigenvalue weighted by Crippen LogP contribution is -2.42. The lowest BCUT2D eigenvalue weighted by Gasteiger charge is -2.23. The average Bonchev–Trinajstić information content (AvgIpc) is 2.29. The van der Waals surface area contributed by atoms with E-state index in [1.165, 1.54) is 12.8 Å². The van der Waals surface area contributed by atoms with E-state index in [1.807, 2.05) is 0 Å². The van der Waals surface area contributed by atoms with Crippen LogP contribution in [0.4, 0.5) is 0 Å². The van der Waals surface area contributed by atoms with Gasteiger partial charge in [0.1, 0.15) is 0 Å². The second-order valence-corrected chi connectivity index (χ2v) is 5.30. The first-order chi connectivity index (χ1) is 8.09. The Hall–Kier alpha value is -0.610. The smallest absolute Gasteiger partial charge is 0.236 e. The summed E-state index contributed by atoms with van der Waals surface area (Å²) in [7, 11) is 0. The van der Waals surface area contributed by atoms with Gasteiger partial charge in [-0.25, -0.2) is 0 Å². The van der Waals surface area contributed by atoms with E-state index in [9.17, 15) is 4.79 Å². The van der Waals surface area contributed by atoms with Crippen molar-refractivity contribution in [2.24, 2.45) is 11.7 Å². The van der Waals surface area contributed by atoms with Crippen LogP contribution >= 0.6 is 0 Å². The van der Waals surface area contributed by atoms with Crippen LogP contribution in [-0.4, -0.2) is 31.2 Å². The Labute approximate surface area is 104 Å². The second kappa shape index (κ2) is 7.67. The minimum absolute atomic E-state index is 0.0329. The van der Waals surface area contributed by atoms with Crippen molar-refractivity contribution in [1.82, 2.24) is 5.32 Å². The molecule has 1 aliphatic rings. The number of ether oxygens (including phenoxy) is 1. The third-order valence-electron chi connectivity index (χ3n) is 3.10. The average molecular weight is 242 g/mol. The van der Waals surface area contributed by atoms with Gasteiger partial charge < -0.3 is 15.8 Å². The zero-order valence-corrected chi connectivity index (χ0v) is 11.1. The second-order valence-electron chi connectivity index (χ2n) is 5.30. The molecule has 1 amide bonds. The molecule has 2 atom stereocenters. The molecule has 1 unspecified atom stereocenters. The number of carbonyl (C=O) groups excluding carboxylic acids is 1. The highest BCUT2D eigenvalue weighted by molar-refractivity contribution is 5.81. The van der Waals surface area contributed by atoms with Crippen molar-refractivity contribution in [2.75, 3.05) is 13.2 Å². The maximum Gasteiger partial charge on any atom is 0.236 e. The van der Waals surface area contributed by atoms with Crippen LogP contribution in [0.25, 0.3) is 0 Å². The van der Waals surface area contributed by atoms with Gasteiger partial charge in [0.2, 0.25) is 5.91 Å². The van der Waals surface area contributed by atoms with Gasteiger partial charge >= 0.3 is 0 Å². The van der Waals surface area contributed by atoms with Crippen LogP contribution in [-0.2, 0) is 9.53 Å². The van der Waals surface area contributed by atoms with Crippen LogP contribution in [0.3, 0.4) is 0 Å². The maximum absolute atomic E-state index is 11.6. The highest BCUT2D eigenvalue weighted by atomic mass is 16.5. The summed E-state index contributed by atoms with van der Waals surface area (Å²) in [5, 5.41) is 2.89. The van der Waals surface area contributed by atoms with E-state index in [2.05, 4.69) is 19.2 Å². The van der Waals surface area contributed by atoms with Crippen molar-refractivity contribution in [3.05, 3.63) is 0 Å². The van der Waals surface area contributed by atoms with Crippen LogP contribution in [0.5, 0.6) is 0 Å². The highest BCUT2D eigenvalue weighted by Gasteiger charge is 2.16. The maximum atomic E-state index is 11.6. The summed E-state index contributed by atoms with van der Waals surface area (Å²) in [6, 6.07) is -0.373. The Morgan fingerprint density at radius 3 is 2.82 bits per heavy atom. The summed E-state index contributed by atoms with van der Waals surface area (Å²) in [6.45, 7) is 5.69. The molecule has 4 heteroatoms. The van der Waals surface area contributed by atoms with Crippen molar-refractivity contribution in [3.63, 3.8) is 0 Å². The minimum atomic E-state index is -0.373. The molecule has 0 saturated carbocycles. The van der Waals surface area contributed by atoms with Crippen molar-refractivity contribution in [3.8, 4) is 0 Å². The Morgan fingerprint density at radius 2 is 2.24 bits per heavy atom. The summed E-state index contributed by atoms with van der Waals surface area (Å²) in [6.07, 6.45) is 5.50. The molecule has 0 aromatic carbocycles. The standard InChI is InChI=1S/C13H26N2O2/c1-10(2)9-12(14)13(16)15-7-6-11-5-3-4-8-17-11/h10-12H,3-9,14H2,1-2H3,(H,15,16)/t11?,12-/m0/s1. The fourth-order valence-corrected chi connectivity index (χ4v) is 2.14. The SMILES string of the molecule is CC(C)C[C@H](N)C(=O)NCCC1CCCCO1. The van der Waals surface area contributed by atoms with Gasteiger partial charge in [-0.05, 0) is 38.0 Å². The molecule has 0 aromatic rings. The van der Waals surface area contributed by atoms with E-state index >= 15 is 0 Å². The molecule has 1 heterocycles. The molecular formula is C13H26N2O2. The van der Waals surface area contributed by atoms with Gasteiger partial charge in [0.15, 0.2) is 0 Å². The minimum Gasteiger partial charge on any atom is -0.378 e. The van der Waals surface area contributed by atoms with Crippen molar-refractivity contribution in [2.45, 2.75) is 58.1 Å². The van der Waals surface area contributed by atoms with Crippen LogP contribution in [0.15, 0.2) is 0 Å². The van der Waals surface area contributed by atoms with E-state index in [4.69, 9.17) is 10.5 Å². The first-order valence-electron chi connectivity index (χ1n) is 6.74. The molecule has 1 rings (SSSR count). The topological polar surface area (TPSA) is 64.4 Å². The summed E-state index contributed by atoms with van der Waals surface area (Å²) in [5.74, 6) is 0.423. The lowest BCUT2D eigenvalue weighted by atomic mass is 10.0. The molecule has 4 nitrogen and oxygen atoms in total. The van der Waals surface area contributed by atoms with Crippen molar-refractivity contribution >= 4 is 5.91 Å². The molecule has 1 aliphatic heterocycles. The van der Waals surface area contributed by atoms with E-state index in [1.54, 1.807) is 0 Å². The van der Waals surface area contributed by atoms with Crippen molar-refractivity contribution < 1.29 is 9.53 Å². The van der Waals surface area contributed by atoms with Gasteiger partial charge in [-0.15, -0.1) is 0 Å². The molecule has 0 radical (unpaired) electrons. The number of nitrogens with two attached hydrogens (primary N) is 1. The number of carbonyl (C=O) groups is 1. The van der Waals surface area contributed by atoms with Crippen LogP contribution in [0, 0.1) is 5.92 Å². The Balaban J connectivity index is 2.10. The van der Waals surface area contributed by atoms with Crippen LogP contribution in [0.1, 0.15) is 46.0 Å². The van der Waals surface area contributed by atoms with E-state index in [-0.39, 0.29) is 11.9 Å². The summed E-state index contributed by atoms with van der Waals surface area (Å²) >= 11 is 0. The predicted molar refractivity (Wildman–Crippen MR) is 68.6 cm³/mol. The van der Waals surface area contributed by atoms with Gasteiger partial charge in [0.25, 0.3) is 0 Å². The molecule has 0 aliphatic carbocycles. The Morgan fingerprint density at radius 1 is 1.47 bits per heavy atom. The summed E-state index contributed by atoms with van der Waals surface area (Å²) in [5.41, 5.74) is 5.79. The number of amides is 1. The van der Waals surface area contributed by atoms with Gasteiger partial charge in [0, 0.05) is 13.2 Å².